The maximum Gasteiger partial charge on any atom is 0.118 e. The zero-order valence-corrected chi connectivity index (χ0v) is 12.9. The molecule has 1 aromatic carbocycles. The first-order valence-electron chi connectivity index (χ1n) is 7.38. The Hall–Kier alpha value is -1.32. The summed E-state index contributed by atoms with van der Waals surface area (Å²) in [7, 11) is 1.71. The Balaban J connectivity index is 1.77. The average molecular weight is 274 g/mol. The van der Waals surface area contributed by atoms with E-state index in [1.165, 1.54) is 24.2 Å². The molecule has 1 fully saturated rings. The van der Waals surface area contributed by atoms with E-state index in [2.05, 4.69) is 41.9 Å². The van der Waals surface area contributed by atoms with Crippen LogP contribution in [0.5, 0.6) is 5.75 Å². The van der Waals surface area contributed by atoms with Crippen LogP contribution in [0.1, 0.15) is 19.4 Å². The molecule has 0 spiro atoms. The van der Waals surface area contributed by atoms with E-state index in [0.717, 1.165) is 31.9 Å². The predicted octanol–water partition coefficient (Wildman–Crippen LogP) is 2.78. The number of piperazine rings is 1. The van der Waals surface area contributed by atoms with Crippen LogP contribution in [0.25, 0.3) is 0 Å². The van der Waals surface area contributed by atoms with Gasteiger partial charge in [-0.1, -0.05) is 23.8 Å². The maximum atomic E-state index is 5.19. The molecule has 110 valence electrons. The van der Waals surface area contributed by atoms with Crippen LogP contribution in [0, 0.1) is 0 Å². The van der Waals surface area contributed by atoms with Crippen molar-refractivity contribution in [3.63, 3.8) is 0 Å². The van der Waals surface area contributed by atoms with Gasteiger partial charge in [0.05, 0.1) is 7.11 Å². The molecule has 0 amide bonds. The van der Waals surface area contributed by atoms with Crippen molar-refractivity contribution in [3.05, 3.63) is 41.5 Å². The molecule has 2 rings (SSSR count). The summed E-state index contributed by atoms with van der Waals surface area (Å²) >= 11 is 0. The minimum Gasteiger partial charge on any atom is -0.497 e. The predicted molar refractivity (Wildman–Crippen MR) is 84.1 cm³/mol. The van der Waals surface area contributed by atoms with E-state index >= 15 is 0 Å². The lowest BCUT2D eigenvalue weighted by Crippen LogP contribution is -2.45. The summed E-state index contributed by atoms with van der Waals surface area (Å²) < 4.78 is 5.19. The van der Waals surface area contributed by atoms with Gasteiger partial charge in [0.25, 0.3) is 0 Å². The second-order valence-electron chi connectivity index (χ2n) is 5.71. The first-order chi connectivity index (χ1) is 9.67. The topological polar surface area (TPSA) is 15.7 Å². The van der Waals surface area contributed by atoms with Gasteiger partial charge in [0, 0.05) is 39.3 Å². The highest BCUT2D eigenvalue weighted by Crippen LogP contribution is 2.14. The Morgan fingerprint density at radius 2 is 1.65 bits per heavy atom. The van der Waals surface area contributed by atoms with Crippen LogP contribution in [-0.2, 0) is 6.54 Å². The molecule has 0 aliphatic carbocycles. The van der Waals surface area contributed by atoms with Crippen LogP contribution in [0.15, 0.2) is 35.9 Å². The molecule has 20 heavy (non-hydrogen) atoms. The number of methoxy groups -OCH3 is 1. The van der Waals surface area contributed by atoms with Crippen molar-refractivity contribution in [1.29, 1.82) is 0 Å². The first-order valence-corrected chi connectivity index (χ1v) is 7.38. The van der Waals surface area contributed by atoms with Crippen LogP contribution in [-0.4, -0.2) is 49.6 Å². The molecule has 0 atom stereocenters. The molecule has 0 radical (unpaired) electrons. The lowest BCUT2D eigenvalue weighted by atomic mass is 10.2. The van der Waals surface area contributed by atoms with Gasteiger partial charge in [-0.05, 0) is 31.5 Å². The van der Waals surface area contributed by atoms with Crippen molar-refractivity contribution in [2.75, 3.05) is 39.8 Å². The second-order valence-corrected chi connectivity index (χ2v) is 5.71. The van der Waals surface area contributed by atoms with Crippen molar-refractivity contribution in [3.8, 4) is 5.75 Å². The molecule has 1 aliphatic heterocycles. The Bertz CT molecular complexity index is 427. The SMILES string of the molecule is COc1ccc(CN2CCN(CC=C(C)C)CC2)cc1. The third-order valence-electron chi connectivity index (χ3n) is 3.79. The quantitative estimate of drug-likeness (QED) is 0.768. The average Bonchev–Trinajstić information content (AvgIpc) is 2.47. The standard InChI is InChI=1S/C17H26N2O/c1-15(2)8-9-18-10-12-19(13-11-18)14-16-4-6-17(20-3)7-5-16/h4-8H,9-14H2,1-3H3. The summed E-state index contributed by atoms with van der Waals surface area (Å²) in [4.78, 5) is 5.05. The van der Waals surface area contributed by atoms with E-state index < -0.39 is 0 Å². The van der Waals surface area contributed by atoms with E-state index in [1.807, 2.05) is 12.1 Å². The second kappa shape index (κ2) is 7.46. The molecule has 1 saturated heterocycles. The van der Waals surface area contributed by atoms with Crippen molar-refractivity contribution in [2.45, 2.75) is 20.4 Å². The zero-order chi connectivity index (χ0) is 14.4. The number of benzene rings is 1. The lowest BCUT2D eigenvalue weighted by molar-refractivity contribution is 0.137. The monoisotopic (exact) mass is 274 g/mol. The lowest BCUT2D eigenvalue weighted by Gasteiger charge is -2.34. The zero-order valence-electron chi connectivity index (χ0n) is 12.9. The molecule has 3 heteroatoms. The highest BCUT2D eigenvalue weighted by atomic mass is 16.5. The van der Waals surface area contributed by atoms with Gasteiger partial charge in [0.2, 0.25) is 0 Å². The van der Waals surface area contributed by atoms with Crippen molar-refractivity contribution >= 4 is 0 Å². The van der Waals surface area contributed by atoms with Gasteiger partial charge in [-0.3, -0.25) is 9.80 Å². The molecule has 1 heterocycles. The number of allylic oxidation sites excluding steroid dienone is 1. The van der Waals surface area contributed by atoms with E-state index in [0.29, 0.717) is 0 Å². The van der Waals surface area contributed by atoms with Gasteiger partial charge in [-0.15, -0.1) is 0 Å². The van der Waals surface area contributed by atoms with E-state index in [4.69, 9.17) is 4.74 Å². The minimum atomic E-state index is 0.931. The van der Waals surface area contributed by atoms with Gasteiger partial charge in [0.15, 0.2) is 0 Å². The number of ether oxygens (including phenoxy) is 1. The van der Waals surface area contributed by atoms with E-state index in [1.54, 1.807) is 7.11 Å². The summed E-state index contributed by atoms with van der Waals surface area (Å²) in [5.41, 5.74) is 2.77. The minimum absolute atomic E-state index is 0.931. The van der Waals surface area contributed by atoms with Crippen LogP contribution in [0.4, 0.5) is 0 Å². The molecule has 0 aromatic heterocycles. The Morgan fingerprint density at radius 3 is 2.20 bits per heavy atom. The van der Waals surface area contributed by atoms with Crippen LogP contribution in [0.3, 0.4) is 0 Å². The van der Waals surface area contributed by atoms with Crippen LogP contribution >= 0.6 is 0 Å². The van der Waals surface area contributed by atoms with Crippen LogP contribution in [0.2, 0.25) is 0 Å². The highest BCUT2D eigenvalue weighted by molar-refractivity contribution is 5.27. The molecule has 3 nitrogen and oxygen atoms in total. The van der Waals surface area contributed by atoms with E-state index in [-0.39, 0.29) is 0 Å². The normalized spacial score (nSPS) is 16.9. The number of hydrogen-bond donors (Lipinski definition) is 0. The Morgan fingerprint density at radius 1 is 1.05 bits per heavy atom. The Labute approximate surface area is 122 Å². The van der Waals surface area contributed by atoms with Crippen molar-refractivity contribution in [2.24, 2.45) is 0 Å². The Kier molecular flexibility index (Phi) is 5.62. The number of hydrogen-bond acceptors (Lipinski definition) is 3. The fourth-order valence-electron chi connectivity index (χ4n) is 2.43. The fourth-order valence-corrected chi connectivity index (χ4v) is 2.43. The van der Waals surface area contributed by atoms with Gasteiger partial charge >= 0.3 is 0 Å². The van der Waals surface area contributed by atoms with Gasteiger partial charge in [0.1, 0.15) is 5.75 Å². The third-order valence-corrected chi connectivity index (χ3v) is 3.79. The number of nitrogens with zero attached hydrogens (tertiary/aromatic N) is 2. The first kappa shape index (κ1) is 15.1. The third kappa shape index (κ3) is 4.66. The molecular weight excluding hydrogens is 248 g/mol. The number of rotatable bonds is 5. The molecule has 1 aliphatic rings. The highest BCUT2D eigenvalue weighted by Gasteiger charge is 2.15. The molecule has 0 unspecified atom stereocenters. The molecule has 0 N–H and O–H groups in total. The van der Waals surface area contributed by atoms with Crippen molar-refractivity contribution < 1.29 is 4.74 Å². The fraction of sp³-hybridized carbons (Fsp3) is 0.529. The largest absolute Gasteiger partial charge is 0.497 e. The molecule has 1 aromatic rings. The van der Waals surface area contributed by atoms with Gasteiger partial charge in [-0.25, -0.2) is 0 Å². The molecule has 0 bridgehead atoms. The summed E-state index contributed by atoms with van der Waals surface area (Å²) in [5, 5.41) is 0. The summed E-state index contributed by atoms with van der Waals surface area (Å²) in [6.07, 6.45) is 2.32. The molecular formula is C17H26N2O. The maximum absolute atomic E-state index is 5.19. The summed E-state index contributed by atoms with van der Waals surface area (Å²) in [6.45, 7) is 11.1. The van der Waals surface area contributed by atoms with E-state index in [9.17, 15) is 0 Å². The molecule has 0 saturated carbocycles. The van der Waals surface area contributed by atoms with Gasteiger partial charge < -0.3 is 4.74 Å². The summed E-state index contributed by atoms with van der Waals surface area (Å²) in [6, 6.07) is 8.41. The van der Waals surface area contributed by atoms with Crippen LogP contribution < -0.4 is 4.74 Å². The smallest absolute Gasteiger partial charge is 0.118 e. The summed E-state index contributed by atoms with van der Waals surface area (Å²) in [5.74, 6) is 0.931. The van der Waals surface area contributed by atoms with Gasteiger partial charge in [-0.2, -0.15) is 0 Å². The van der Waals surface area contributed by atoms with Crippen molar-refractivity contribution in [1.82, 2.24) is 9.80 Å².